The van der Waals surface area contributed by atoms with E-state index in [9.17, 15) is 14.9 Å². The van der Waals surface area contributed by atoms with Crippen LogP contribution in [0.5, 0.6) is 5.75 Å². The topological polar surface area (TPSA) is 81.5 Å². The van der Waals surface area contributed by atoms with Crippen LogP contribution in [0.2, 0.25) is 0 Å². The van der Waals surface area contributed by atoms with Gasteiger partial charge in [-0.3, -0.25) is 14.9 Å². The average molecular weight is 379 g/mol. The number of hydrogen-bond acceptors (Lipinski definition) is 4. The van der Waals surface area contributed by atoms with Gasteiger partial charge in [-0.1, -0.05) is 12.1 Å². The van der Waals surface area contributed by atoms with Gasteiger partial charge in [0, 0.05) is 10.5 Å². The second kappa shape index (κ2) is 7.23. The SMILES string of the molecule is Cc1ccc(NC(=O)[C@H](C)Oc2cccc([N+](=O)[O-])c2)c(Br)c1. The van der Waals surface area contributed by atoms with Crippen molar-refractivity contribution in [2.75, 3.05) is 5.32 Å². The molecule has 0 aliphatic carbocycles. The van der Waals surface area contributed by atoms with E-state index in [-0.39, 0.29) is 17.3 Å². The zero-order valence-corrected chi connectivity index (χ0v) is 14.2. The molecule has 0 aliphatic rings. The molecule has 2 aromatic carbocycles. The highest BCUT2D eigenvalue weighted by Gasteiger charge is 2.17. The van der Waals surface area contributed by atoms with Gasteiger partial charge in [0.25, 0.3) is 11.6 Å². The monoisotopic (exact) mass is 378 g/mol. The summed E-state index contributed by atoms with van der Waals surface area (Å²) in [7, 11) is 0. The van der Waals surface area contributed by atoms with E-state index < -0.39 is 11.0 Å². The Morgan fingerprint density at radius 3 is 2.70 bits per heavy atom. The van der Waals surface area contributed by atoms with Gasteiger partial charge < -0.3 is 10.1 Å². The zero-order valence-electron chi connectivity index (χ0n) is 12.6. The zero-order chi connectivity index (χ0) is 17.0. The van der Waals surface area contributed by atoms with Crippen LogP contribution in [-0.2, 0) is 4.79 Å². The number of nitro groups is 1. The largest absolute Gasteiger partial charge is 0.481 e. The van der Waals surface area contributed by atoms with Gasteiger partial charge in [-0.05, 0) is 53.5 Å². The molecule has 1 N–H and O–H groups in total. The number of nitrogens with one attached hydrogen (secondary N) is 1. The van der Waals surface area contributed by atoms with E-state index in [1.54, 1.807) is 19.1 Å². The van der Waals surface area contributed by atoms with Gasteiger partial charge in [0.2, 0.25) is 0 Å². The van der Waals surface area contributed by atoms with Crippen molar-refractivity contribution in [3.05, 3.63) is 62.6 Å². The molecule has 7 heteroatoms. The van der Waals surface area contributed by atoms with Crippen LogP contribution in [0.3, 0.4) is 0 Å². The Morgan fingerprint density at radius 1 is 1.30 bits per heavy atom. The van der Waals surface area contributed by atoms with E-state index in [4.69, 9.17) is 4.74 Å². The van der Waals surface area contributed by atoms with E-state index in [1.807, 2.05) is 19.1 Å². The van der Waals surface area contributed by atoms with Gasteiger partial charge in [0.1, 0.15) is 5.75 Å². The molecule has 0 fully saturated rings. The minimum absolute atomic E-state index is 0.0867. The van der Waals surface area contributed by atoms with Crippen molar-refractivity contribution in [2.24, 2.45) is 0 Å². The number of non-ortho nitro benzene ring substituents is 1. The molecule has 0 saturated heterocycles. The summed E-state index contributed by atoms with van der Waals surface area (Å²) in [6.07, 6.45) is -0.801. The molecule has 0 radical (unpaired) electrons. The fourth-order valence-corrected chi connectivity index (χ4v) is 2.48. The summed E-state index contributed by atoms with van der Waals surface area (Å²) in [6, 6.07) is 11.3. The third kappa shape index (κ3) is 4.53. The second-order valence-corrected chi connectivity index (χ2v) is 5.84. The van der Waals surface area contributed by atoms with Crippen LogP contribution in [-0.4, -0.2) is 16.9 Å². The van der Waals surface area contributed by atoms with Gasteiger partial charge in [-0.25, -0.2) is 0 Å². The second-order valence-electron chi connectivity index (χ2n) is 4.99. The lowest BCUT2D eigenvalue weighted by molar-refractivity contribution is -0.384. The highest BCUT2D eigenvalue weighted by molar-refractivity contribution is 9.10. The maximum Gasteiger partial charge on any atom is 0.273 e. The maximum absolute atomic E-state index is 12.2. The minimum atomic E-state index is -0.801. The molecular weight excluding hydrogens is 364 g/mol. The highest BCUT2D eigenvalue weighted by Crippen LogP contribution is 2.24. The summed E-state index contributed by atoms with van der Waals surface area (Å²) >= 11 is 3.39. The van der Waals surface area contributed by atoms with Gasteiger partial charge >= 0.3 is 0 Å². The van der Waals surface area contributed by atoms with E-state index in [0.29, 0.717) is 5.69 Å². The van der Waals surface area contributed by atoms with Crippen LogP contribution in [0.1, 0.15) is 12.5 Å². The van der Waals surface area contributed by atoms with E-state index in [1.165, 1.54) is 18.2 Å². The Bertz CT molecular complexity index is 749. The predicted molar refractivity (Wildman–Crippen MR) is 90.7 cm³/mol. The lowest BCUT2D eigenvalue weighted by Crippen LogP contribution is -2.30. The van der Waals surface area contributed by atoms with Gasteiger partial charge in [-0.15, -0.1) is 0 Å². The Balaban J connectivity index is 2.05. The quantitative estimate of drug-likeness (QED) is 0.627. The van der Waals surface area contributed by atoms with Crippen LogP contribution in [0.4, 0.5) is 11.4 Å². The standard InChI is InChI=1S/C16H15BrN2O4/c1-10-6-7-15(14(17)8-10)18-16(20)11(2)23-13-5-3-4-12(9-13)19(21)22/h3-9,11H,1-2H3,(H,18,20)/t11-/m0/s1. The number of halogens is 1. The fraction of sp³-hybridized carbons (Fsp3) is 0.188. The van der Waals surface area contributed by atoms with Gasteiger partial charge in [0.15, 0.2) is 6.10 Å². The number of nitro benzene ring substituents is 1. The minimum Gasteiger partial charge on any atom is -0.481 e. The molecule has 1 amide bonds. The van der Waals surface area contributed by atoms with Gasteiger partial charge in [-0.2, -0.15) is 0 Å². The van der Waals surface area contributed by atoms with E-state index in [0.717, 1.165) is 10.0 Å². The molecular formula is C16H15BrN2O4. The molecule has 2 rings (SSSR count). The summed E-state index contributed by atoms with van der Waals surface area (Å²) in [4.78, 5) is 22.4. The third-order valence-corrected chi connectivity index (χ3v) is 3.75. The van der Waals surface area contributed by atoms with Crippen LogP contribution >= 0.6 is 15.9 Å². The number of carbonyl (C=O) groups excluding carboxylic acids is 1. The molecule has 1 atom stereocenters. The Labute approximate surface area is 141 Å². The molecule has 0 aliphatic heterocycles. The number of benzene rings is 2. The Morgan fingerprint density at radius 2 is 2.04 bits per heavy atom. The molecule has 0 aromatic heterocycles. The lowest BCUT2D eigenvalue weighted by Gasteiger charge is -2.15. The molecule has 0 heterocycles. The smallest absolute Gasteiger partial charge is 0.273 e. The molecule has 23 heavy (non-hydrogen) atoms. The molecule has 0 unspecified atom stereocenters. The van der Waals surface area contributed by atoms with Gasteiger partial charge in [0.05, 0.1) is 16.7 Å². The normalized spacial score (nSPS) is 11.6. The van der Waals surface area contributed by atoms with E-state index >= 15 is 0 Å². The highest BCUT2D eigenvalue weighted by atomic mass is 79.9. The number of aryl methyl sites for hydroxylation is 1. The third-order valence-electron chi connectivity index (χ3n) is 3.09. The summed E-state index contributed by atoms with van der Waals surface area (Å²) in [6.45, 7) is 3.53. The van der Waals surface area contributed by atoms with Crippen molar-refractivity contribution in [3.8, 4) is 5.75 Å². The van der Waals surface area contributed by atoms with Crippen molar-refractivity contribution >= 4 is 33.2 Å². The van der Waals surface area contributed by atoms with Crippen LogP contribution in [0.25, 0.3) is 0 Å². The van der Waals surface area contributed by atoms with Crippen molar-refractivity contribution in [2.45, 2.75) is 20.0 Å². The maximum atomic E-state index is 12.2. The number of anilines is 1. The Hall–Kier alpha value is -2.41. The average Bonchev–Trinajstić information content (AvgIpc) is 2.50. The first-order valence-corrected chi connectivity index (χ1v) is 7.64. The number of hydrogen-bond donors (Lipinski definition) is 1. The number of rotatable bonds is 5. The summed E-state index contributed by atoms with van der Waals surface area (Å²) < 4.78 is 6.24. The molecule has 0 spiro atoms. The number of carbonyl (C=O) groups is 1. The number of nitrogens with zero attached hydrogens (tertiary/aromatic N) is 1. The number of amides is 1. The van der Waals surface area contributed by atoms with Crippen molar-refractivity contribution in [3.63, 3.8) is 0 Å². The van der Waals surface area contributed by atoms with Crippen LogP contribution < -0.4 is 10.1 Å². The van der Waals surface area contributed by atoms with Crippen LogP contribution in [0, 0.1) is 17.0 Å². The van der Waals surface area contributed by atoms with Crippen molar-refractivity contribution in [1.29, 1.82) is 0 Å². The molecule has 6 nitrogen and oxygen atoms in total. The fourth-order valence-electron chi connectivity index (χ4n) is 1.88. The summed E-state index contributed by atoms with van der Waals surface area (Å²) in [5.41, 5.74) is 1.61. The Kier molecular flexibility index (Phi) is 5.33. The number of ether oxygens (including phenoxy) is 1. The first-order chi connectivity index (χ1) is 10.9. The van der Waals surface area contributed by atoms with Crippen LogP contribution in [0.15, 0.2) is 46.9 Å². The first kappa shape index (κ1) is 17.0. The molecule has 0 saturated carbocycles. The molecule has 0 bridgehead atoms. The predicted octanol–water partition coefficient (Wildman–Crippen LogP) is 4.07. The molecule has 2 aromatic rings. The first-order valence-electron chi connectivity index (χ1n) is 6.85. The summed E-state index contributed by atoms with van der Waals surface area (Å²) in [5.74, 6) is -0.0779. The van der Waals surface area contributed by atoms with E-state index in [2.05, 4.69) is 21.2 Å². The summed E-state index contributed by atoms with van der Waals surface area (Å²) in [5, 5.41) is 13.5. The van der Waals surface area contributed by atoms with Crippen molar-refractivity contribution < 1.29 is 14.5 Å². The lowest BCUT2D eigenvalue weighted by atomic mass is 10.2. The van der Waals surface area contributed by atoms with Crippen molar-refractivity contribution in [1.82, 2.24) is 0 Å². The molecule has 120 valence electrons.